The number of rotatable bonds is 4. The highest BCUT2D eigenvalue weighted by Crippen LogP contribution is 2.47. The summed E-state index contributed by atoms with van der Waals surface area (Å²) in [6, 6.07) is 8.41. The highest BCUT2D eigenvalue weighted by Gasteiger charge is 2.44. The molecular weight excluding hydrogens is 240 g/mol. The van der Waals surface area contributed by atoms with E-state index in [0.717, 1.165) is 6.54 Å². The van der Waals surface area contributed by atoms with Gasteiger partial charge < -0.3 is 11.1 Å². The Morgan fingerprint density at radius 1 is 1.36 bits per heavy atom. The van der Waals surface area contributed by atoms with Crippen molar-refractivity contribution in [1.82, 2.24) is 5.32 Å². The van der Waals surface area contributed by atoms with E-state index in [0.29, 0.717) is 6.54 Å². The van der Waals surface area contributed by atoms with Crippen molar-refractivity contribution < 1.29 is 0 Å². The third-order valence-corrected chi connectivity index (χ3v) is 3.44. The molecule has 0 aliphatic heterocycles. The predicted octanol–water partition coefficient (Wildman–Crippen LogP) is 1.99. The monoisotopic (exact) mass is 254 g/mol. The van der Waals surface area contributed by atoms with Gasteiger partial charge in [-0.05, 0) is 24.5 Å². The topological polar surface area (TPSA) is 38.0 Å². The van der Waals surface area contributed by atoms with Gasteiger partial charge in [-0.1, -0.05) is 34.1 Å². The van der Waals surface area contributed by atoms with Crippen LogP contribution in [0.1, 0.15) is 18.4 Å². The molecule has 1 aromatic rings. The Kier molecular flexibility index (Phi) is 2.91. The summed E-state index contributed by atoms with van der Waals surface area (Å²) in [4.78, 5) is 0. The first-order chi connectivity index (χ1) is 6.78. The summed E-state index contributed by atoms with van der Waals surface area (Å²) in [5.41, 5.74) is 7.08. The van der Waals surface area contributed by atoms with Crippen LogP contribution in [0, 0.1) is 0 Å². The standard InChI is InChI=1S/C11H15BrN2/c12-10-4-2-1-3-9(10)11(5-6-11)14-8-7-13/h1-4,14H,5-8,13H2. The van der Waals surface area contributed by atoms with Gasteiger partial charge in [-0.25, -0.2) is 0 Å². The Morgan fingerprint density at radius 3 is 2.64 bits per heavy atom. The summed E-state index contributed by atoms with van der Waals surface area (Å²) in [5, 5.41) is 3.52. The van der Waals surface area contributed by atoms with Crippen LogP contribution in [-0.4, -0.2) is 13.1 Å². The Labute approximate surface area is 93.0 Å². The molecule has 1 aliphatic carbocycles. The summed E-state index contributed by atoms with van der Waals surface area (Å²) in [5.74, 6) is 0. The van der Waals surface area contributed by atoms with Crippen LogP contribution in [0.3, 0.4) is 0 Å². The first kappa shape index (κ1) is 10.1. The normalized spacial score (nSPS) is 18.1. The van der Waals surface area contributed by atoms with Gasteiger partial charge in [0, 0.05) is 23.1 Å². The van der Waals surface area contributed by atoms with Crippen molar-refractivity contribution in [3.63, 3.8) is 0 Å². The van der Waals surface area contributed by atoms with E-state index in [1.165, 1.54) is 22.9 Å². The van der Waals surface area contributed by atoms with Crippen molar-refractivity contribution in [2.75, 3.05) is 13.1 Å². The molecule has 76 valence electrons. The molecule has 1 aromatic carbocycles. The molecule has 3 heteroatoms. The number of hydrogen-bond donors (Lipinski definition) is 2. The SMILES string of the molecule is NCCNC1(c2ccccc2Br)CC1. The molecule has 0 heterocycles. The summed E-state index contributed by atoms with van der Waals surface area (Å²) in [6.07, 6.45) is 2.44. The lowest BCUT2D eigenvalue weighted by Gasteiger charge is -2.18. The van der Waals surface area contributed by atoms with Crippen LogP contribution in [0.25, 0.3) is 0 Å². The fraction of sp³-hybridized carbons (Fsp3) is 0.455. The first-order valence-corrected chi connectivity index (χ1v) is 5.78. The second-order valence-electron chi connectivity index (χ2n) is 3.78. The molecule has 3 N–H and O–H groups in total. The highest BCUT2D eigenvalue weighted by molar-refractivity contribution is 9.10. The maximum atomic E-state index is 5.51. The smallest absolute Gasteiger partial charge is 0.0447 e. The minimum atomic E-state index is 0.208. The van der Waals surface area contributed by atoms with E-state index in [2.05, 4.69) is 39.4 Å². The van der Waals surface area contributed by atoms with E-state index >= 15 is 0 Å². The number of nitrogens with one attached hydrogen (secondary N) is 1. The molecule has 2 rings (SSSR count). The minimum absolute atomic E-state index is 0.208. The van der Waals surface area contributed by atoms with Crippen LogP contribution in [0.5, 0.6) is 0 Å². The van der Waals surface area contributed by atoms with Gasteiger partial charge >= 0.3 is 0 Å². The van der Waals surface area contributed by atoms with Crippen molar-refractivity contribution in [3.05, 3.63) is 34.3 Å². The molecule has 0 unspecified atom stereocenters. The Hall–Kier alpha value is -0.380. The molecular formula is C11H15BrN2. The molecule has 0 bridgehead atoms. The fourth-order valence-electron chi connectivity index (χ4n) is 1.83. The number of nitrogens with two attached hydrogens (primary N) is 1. The van der Waals surface area contributed by atoms with Gasteiger partial charge in [0.25, 0.3) is 0 Å². The Morgan fingerprint density at radius 2 is 2.07 bits per heavy atom. The van der Waals surface area contributed by atoms with Crippen molar-refractivity contribution in [2.24, 2.45) is 5.73 Å². The predicted molar refractivity (Wildman–Crippen MR) is 62.1 cm³/mol. The molecule has 0 atom stereocenters. The van der Waals surface area contributed by atoms with Crippen molar-refractivity contribution >= 4 is 15.9 Å². The maximum absolute atomic E-state index is 5.51. The van der Waals surface area contributed by atoms with Crippen molar-refractivity contribution in [1.29, 1.82) is 0 Å². The maximum Gasteiger partial charge on any atom is 0.0447 e. The summed E-state index contributed by atoms with van der Waals surface area (Å²) in [7, 11) is 0. The molecule has 0 spiro atoms. The molecule has 2 nitrogen and oxygen atoms in total. The first-order valence-electron chi connectivity index (χ1n) is 4.99. The fourth-order valence-corrected chi connectivity index (χ4v) is 2.49. The minimum Gasteiger partial charge on any atom is -0.329 e. The van der Waals surface area contributed by atoms with Gasteiger partial charge in [0.05, 0.1) is 0 Å². The van der Waals surface area contributed by atoms with E-state index in [1.54, 1.807) is 0 Å². The summed E-state index contributed by atoms with van der Waals surface area (Å²) in [6.45, 7) is 1.59. The second-order valence-corrected chi connectivity index (χ2v) is 4.63. The van der Waals surface area contributed by atoms with Gasteiger partial charge in [0.1, 0.15) is 0 Å². The van der Waals surface area contributed by atoms with Crippen LogP contribution in [0.15, 0.2) is 28.7 Å². The molecule has 1 aliphatic rings. The lowest BCUT2D eigenvalue weighted by Crippen LogP contribution is -2.33. The third kappa shape index (κ3) is 1.85. The molecule has 0 aromatic heterocycles. The number of halogens is 1. The molecule has 1 saturated carbocycles. The average Bonchev–Trinajstić information content (AvgIpc) is 2.97. The van der Waals surface area contributed by atoms with Gasteiger partial charge in [-0.2, -0.15) is 0 Å². The lowest BCUT2D eigenvalue weighted by atomic mass is 10.1. The third-order valence-electron chi connectivity index (χ3n) is 2.75. The van der Waals surface area contributed by atoms with Crippen molar-refractivity contribution in [2.45, 2.75) is 18.4 Å². The lowest BCUT2D eigenvalue weighted by molar-refractivity contribution is 0.525. The molecule has 14 heavy (non-hydrogen) atoms. The highest BCUT2D eigenvalue weighted by atomic mass is 79.9. The zero-order valence-electron chi connectivity index (χ0n) is 8.09. The molecule has 0 amide bonds. The molecule has 0 radical (unpaired) electrons. The van der Waals surface area contributed by atoms with E-state index in [4.69, 9.17) is 5.73 Å². The van der Waals surface area contributed by atoms with E-state index in [1.807, 2.05) is 6.07 Å². The van der Waals surface area contributed by atoms with Gasteiger partial charge in [-0.3, -0.25) is 0 Å². The zero-order chi connectivity index (χ0) is 10.0. The van der Waals surface area contributed by atoms with E-state index < -0.39 is 0 Å². The van der Waals surface area contributed by atoms with Crippen LogP contribution < -0.4 is 11.1 Å². The second kappa shape index (κ2) is 4.01. The van der Waals surface area contributed by atoms with E-state index in [9.17, 15) is 0 Å². The largest absolute Gasteiger partial charge is 0.329 e. The van der Waals surface area contributed by atoms with Crippen LogP contribution >= 0.6 is 15.9 Å². The van der Waals surface area contributed by atoms with Crippen LogP contribution in [0.2, 0.25) is 0 Å². The quantitative estimate of drug-likeness (QED) is 0.863. The van der Waals surface area contributed by atoms with Crippen LogP contribution in [0.4, 0.5) is 0 Å². The van der Waals surface area contributed by atoms with Gasteiger partial charge in [0.15, 0.2) is 0 Å². The summed E-state index contributed by atoms with van der Waals surface area (Å²) >= 11 is 3.59. The number of benzene rings is 1. The van der Waals surface area contributed by atoms with Gasteiger partial charge in [0.2, 0.25) is 0 Å². The van der Waals surface area contributed by atoms with Crippen molar-refractivity contribution in [3.8, 4) is 0 Å². The Balaban J connectivity index is 2.18. The van der Waals surface area contributed by atoms with E-state index in [-0.39, 0.29) is 5.54 Å². The number of hydrogen-bond acceptors (Lipinski definition) is 2. The van der Waals surface area contributed by atoms with Crippen LogP contribution in [-0.2, 0) is 5.54 Å². The molecule has 0 saturated heterocycles. The summed E-state index contributed by atoms with van der Waals surface area (Å²) < 4.78 is 1.20. The molecule has 1 fully saturated rings. The zero-order valence-corrected chi connectivity index (χ0v) is 9.68. The Bertz CT molecular complexity index is 321. The van der Waals surface area contributed by atoms with Gasteiger partial charge in [-0.15, -0.1) is 0 Å². The average molecular weight is 255 g/mol.